The predicted octanol–water partition coefficient (Wildman–Crippen LogP) is 2.40. The summed E-state index contributed by atoms with van der Waals surface area (Å²) >= 11 is 0. The van der Waals surface area contributed by atoms with Gasteiger partial charge in [-0.25, -0.2) is 0 Å². The van der Waals surface area contributed by atoms with Gasteiger partial charge in [-0.05, 0) is 24.3 Å². The first kappa shape index (κ1) is 26.3. The van der Waals surface area contributed by atoms with Crippen molar-refractivity contribution in [3.05, 3.63) is 53.6 Å². The summed E-state index contributed by atoms with van der Waals surface area (Å²) in [5.41, 5.74) is 0.999. The second-order valence-corrected chi connectivity index (χ2v) is 7.65. The molecule has 10 nitrogen and oxygen atoms in total. The third-order valence-corrected chi connectivity index (χ3v) is 5.16. The Labute approximate surface area is 203 Å². The summed E-state index contributed by atoms with van der Waals surface area (Å²) < 4.78 is 54.2. The lowest BCUT2D eigenvalue weighted by molar-refractivity contribution is -0.151. The number of carbonyl (C=O) groups is 4. The van der Waals surface area contributed by atoms with Crippen molar-refractivity contribution in [2.75, 3.05) is 32.7 Å². The molecule has 13 heteroatoms. The van der Waals surface area contributed by atoms with Crippen molar-refractivity contribution in [2.24, 2.45) is 5.92 Å². The molecule has 0 aliphatic carbocycles. The van der Waals surface area contributed by atoms with Crippen LogP contribution >= 0.6 is 0 Å². The topological polar surface area (TPSA) is 123 Å². The van der Waals surface area contributed by atoms with E-state index in [4.69, 9.17) is 14.2 Å². The molecule has 1 fully saturated rings. The first-order valence-electron chi connectivity index (χ1n) is 10.5. The summed E-state index contributed by atoms with van der Waals surface area (Å²) in [5.74, 6) is -3.41. The molecule has 1 heterocycles. The normalized spacial score (nSPS) is 15.3. The molecule has 192 valence electrons. The number of nitrogens with zero attached hydrogens (tertiary/aromatic N) is 1. The van der Waals surface area contributed by atoms with Gasteiger partial charge >= 0.3 is 12.1 Å². The van der Waals surface area contributed by atoms with E-state index in [-0.39, 0.29) is 18.5 Å². The third kappa shape index (κ3) is 6.43. The minimum Gasteiger partial charge on any atom is -0.497 e. The minimum absolute atomic E-state index is 0.140. The average molecular weight is 509 g/mol. The van der Waals surface area contributed by atoms with Crippen LogP contribution in [0.1, 0.15) is 22.3 Å². The van der Waals surface area contributed by atoms with Crippen LogP contribution in [0, 0.1) is 5.92 Å². The third-order valence-electron chi connectivity index (χ3n) is 5.16. The summed E-state index contributed by atoms with van der Waals surface area (Å²) in [6, 6.07) is 8.77. The molecule has 0 spiro atoms. The van der Waals surface area contributed by atoms with Gasteiger partial charge < -0.3 is 19.5 Å². The average Bonchev–Trinajstić information content (AvgIpc) is 3.21. The summed E-state index contributed by atoms with van der Waals surface area (Å²) in [4.78, 5) is 49.2. The van der Waals surface area contributed by atoms with Gasteiger partial charge in [-0.3, -0.25) is 29.6 Å². The molecule has 0 unspecified atom stereocenters. The molecule has 1 atom stereocenters. The molecular formula is C23H22F3N3O7. The van der Waals surface area contributed by atoms with Crippen molar-refractivity contribution >= 4 is 29.4 Å². The summed E-state index contributed by atoms with van der Waals surface area (Å²) in [6.45, 7) is -1.07. The SMILES string of the molecule is COc1cc(OC)cc(C(=O)NN2C[C@H](C(=O)OCC(=O)Nc3ccccc3C(F)(F)F)CC2=O)c1. The Balaban J connectivity index is 1.55. The highest BCUT2D eigenvalue weighted by Gasteiger charge is 2.37. The molecule has 2 aromatic rings. The van der Waals surface area contributed by atoms with Gasteiger partial charge in [-0.1, -0.05) is 12.1 Å². The number of benzene rings is 2. The van der Waals surface area contributed by atoms with Crippen molar-refractivity contribution < 1.29 is 46.6 Å². The van der Waals surface area contributed by atoms with Crippen LogP contribution in [0.5, 0.6) is 11.5 Å². The van der Waals surface area contributed by atoms with E-state index in [1.165, 1.54) is 38.5 Å². The van der Waals surface area contributed by atoms with Crippen LogP contribution in [0.3, 0.4) is 0 Å². The van der Waals surface area contributed by atoms with E-state index in [0.29, 0.717) is 11.5 Å². The molecular weight excluding hydrogens is 487 g/mol. The van der Waals surface area contributed by atoms with Crippen LogP contribution < -0.4 is 20.2 Å². The Morgan fingerprint density at radius 3 is 2.31 bits per heavy atom. The lowest BCUT2D eigenvalue weighted by atomic mass is 10.1. The highest BCUT2D eigenvalue weighted by atomic mass is 19.4. The number of anilines is 1. The Morgan fingerprint density at radius 2 is 1.69 bits per heavy atom. The molecule has 3 rings (SSSR count). The predicted molar refractivity (Wildman–Crippen MR) is 118 cm³/mol. The van der Waals surface area contributed by atoms with E-state index < -0.39 is 53.6 Å². The molecule has 36 heavy (non-hydrogen) atoms. The molecule has 0 radical (unpaired) electrons. The first-order valence-corrected chi connectivity index (χ1v) is 10.5. The molecule has 1 aliphatic heterocycles. The van der Waals surface area contributed by atoms with Crippen LogP contribution in [0.25, 0.3) is 0 Å². The minimum atomic E-state index is -4.69. The second-order valence-electron chi connectivity index (χ2n) is 7.65. The van der Waals surface area contributed by atoms with Gasteiger partial charge in [0.1, 0.15) is 11.5 Å². The standard InChI is InChI=1S/C23H22F3N3O7/c1-34-15-7-13(8-16(10-15)35-2)21(32)28-29-11-14(9-20(29)31)22(33)36-12-19(30)27-18-6-4-3-5-17(18)23(24,25)26/h3-8,10,14H,9,11-12H2,1-2H3,(H,27,30)(H,28,32)/t14-/m1/s1. The van der Waals surface area contributed by atoms with Crippen LogP contribution in [-0.4, -0.2) is 56.1 Å². The van der Waals surface area contributed by atoms with Crippen molar-refractivity contribution in [2.45, 2.75) is 12.6 Å². The lowest BCUT2D eigenvalue weighted by Gasteiger charge is -2.18. The molecule has 2 N–H and O–H groups in total. The fraction of sp³-hybridized carbons (Fsp3) is 0.304. The number of esters is 1. The molecule has 0 saturated carbocycles. The zero-order valence-electron chi connectivity index (χ0n) is 19.2. The maximum atomic E-state index is 13.0. The van der Waals surface area contributed by atoms with Gasteiger partial charge in [-0.2, -0.15) is 13.2 Å². The number of para-hydroxylation sites is 1. The monoisotopic (exact) mass is 509 g/mol. The Morgan fingerprint density at radius 1 is 1.06 bits per heavy atom. The number of carbonyl (C=O) groups excluding carboxylic acids is 4. The van der Waals surface area contributed by atoms with E-state index in [1.54, 1.807) is 6.07 Å². The molecule has 3 amide bonds. The smallest absolute Gasteiger partial charge is 0.418 e. The number of amides is 3. The quantitative estimate of drug-likeness (QED) is 0.524. The van der Waals surface area contributed by atoms with Crippen molar-refractivity contribution in [3.8, 4) is 11.5 Å². The number of hydrogen-bond donors (Lipinski definition) is 2. The maximum Gasteiger partial charge on any atom is 0.418 e. The zero-order valence-corrected chi connectivity index (χ0v) is 19.2. The van der Waals surface area contributed by atoms with Crippen LogP contribution in [0.4, 0.5) is 18.9 Å². The molecule has 2 aromatic carbocycles. The van der Waals surface area contributed by atoms with Crippen molar-refractivity contribution in [3.63, 3.8) is 0 Å². The van der Waals surface area contributed by atoms with Crippen molar-refractivity contribution in [1.82, 2.24) is 10.4 Å². The van der Waals surface area contributed by atoms with Gasteiger partial charge in [0.2, 0.25) is 5.91 Å². The number of rotatable bonds is 8. The Hall–Kier alpha value is -4.29. The molecule has 0 aromatic heterocycles. The highest BCUT2D eigenvalue weighted by molar-refractivity contribution is 5.97. The van der Waals surface area contributed by atoms with Crippen LogP contribution in [0.15, 0.2) is 42.5 Å². The summed E-state index contributed by atoms with van der Waals surface area (Å²) in [6.07, 6.45) is -4.98. The van der Waals surface area contributed by atoms with Crippen LogP contribution in [-0.2, 0) is 25.3 Å². The van der Waals surface area contributed by atoms with Crippen LogP contribution in [0.2, 0.25) is 0 Å². The molecule has 1 aliphatic rings. The fourth-order valence-electron chi connectivity index (χ4n) is 3.38. The van der Waals surface area contributed by atoms with Gasteiger partial charge in [0.05, 0.1) is 37.9 Å². The van der Waals surface area contributed by atoms with E-state index >= 15 is 0 Å². The van der Waals surface area contributed by atoms with E-state index in [9.17, 15) is 32.3 Å². The van der Waals surface area contributed by atoms with E-state index in [1.807, 2.05) is 0 Å². The van der Waals surface area contributed by atoms with E-state index in [2.05, 4.69) is 10.7 Å². The highest BCUT2D eigenvalue weighted by Crippen LogP contribution is 2.34. The lowest BCUT2D eigenvalue weighted by Crippen LogP contribution is -2.43. The number of hydrazine groups is 1. The van der Waals surface area contributed by atoms with Gasteiger partial charge in [-0.15, -0.1) is 0 Å². The molecule has 1 saturated heterocycles. The van der Waals surface area contributed by atoms with E-state index in [0.717, 1.165) is 17.1 Å². The van der Waals surface area contributed by atoms with Crippen molar-refractivity contribution in [1.29, 1.82) is 0 Å². The summed E-state index contributed by atoms with van der Waals surface area (Å²) in [5, 5.41) is 3.00. The Bertz CT molecular complexity index is 1150. The maximum absolute atomic E-state index is 13.0. The number of halogens is 3. The second kappa shape index (κ2) is 11.0. The van der Waals surface area contributed by atoms with Gasteiger partial charge in [0.15, 0.2) is 6.61 Å². The number of alkyl halides is 3. The summed E-state index contributed by atoms with van der Waals surface area (Å²) in [7, 11) is 2.82. The fourth-order valence-corrected chi connectivity index (χ4v) is 3.38. The number of nitrogens with one attached hydrogen (secondary N) is 2. The zero-order chi connectivity index (χ0) is 26.5. The van der Waals surface area contributed by atoms with Gasteiger partial charge in [0, 0.05) is 18.1 Å². The number of methoxy groups -OCH3 is 2. The number of hydrogen-bond acceptors (Lipinski definition) is 7. The largest absolute Gasteiger partial charge is 0.497 e. The number of ether oxygens (including phenoxy) is 3. The first-order chi connectivity index (χ1) is 17.0. The van der Waals surface area contributed by atoms with Gasteiger partial charge in [0.25, 0.3) is 11.8 Å². The molecule has 0 bridgehead atoms. The Kier molecular flexibility index (Phi) is 8.02.